The van der Waals surface area contributed by atoms with Gasteiger partial charge in [-0.25, -0.2) is 0 Å². The molecule has 5 nitrogen and oxygen atoms in total. The topological polar surface area (TPSA) is 54.8 Å². The van der Waals surface area contributed by atoms with Crippen molar-refractivity contribution in [2.24, 2.45) is 5.92 Å². The molecule has 2 saturated heterocycles. The van der Waals surface area contributed by atoms with E-state index in [0.29, 0.717) is 19.3 Å². The number of rotatable bonds is 4. The Bertz CT molecular complexity index is 509. The Balaban J connectivity index is 1.72. The lowest BCUT2D eigenvalue weighted by molar-refractivity contribution is -0.0637. The van der Waals surface area contributed by atoms with Crippen LogP contribution in [0.5, 0.6) is 5.75 Å². The molecule has 0 aliphatic carbocycles. The predicted octanol–water partition coefficient (Wildman–Crippen LogP) is 1.76. The number of aromatic nitrogens is 1. The third kappa shape index (κ3) is 3.42. The van der Waals surface area contributed by atoms with Crippen molar-refractivity contribution < 1.29 is 14.6 Å². The van der Waals surface area contributed by atoms with Crippen LogP contribution in [0, 0.1) is 12.8 Å². The van der Waals surface area contributed by atoms with Crippen LogP contribution in [-0.2, 0) is 11.3 Å². The predicted molar refractivity (Wildman–Crippen MR) is 83.9 cm³/mol. The smallest absolute Gasteiger partial charge is 0.122 e. The van der Waals surface area contributed by atoms with Crippen molar-refractivity contribution in [3.63, 3.8) is 0 Å². The van der Waals surface area contributed by atoms with Gasteiger partial charge in [0.15, 0.2) is 0 Å². The molecule has 0 aromatic carbocycles. The Morgan fingerprint density at radius 2 is 2.27 bits per heavy atom. The van der Waals surface area contributed by atoms with Crippen molar-refractivity contribution >= 4 is 0 Å². The standard InChI is InChI=1S/C17H26N2O3/c1-12-8-14(21-2)9-13(18-12)10-19-6-3-4-16(19)15-11-22-7-5-17(15)20/h8-9,15-17,20H,3-7,10-11H2,1-2H3. The second-order valence-corrected chi connectivity index (χ2v) is 6.41. The number of pyridine rings is 1. The van der Waals surface area contributed by atoms with Crippen molar-refractivity contribution in [1.82, 2.24) is 9.88 Å². The van der Waals surface area contributed by atoms with Crippen molar-refractivity contribution in [1.29, 1.82) is 0 Å². The van der Waals surface area contributed by atoms with Crippen LogP contribution in [0.25, 0.3) is 0 Å². The maximum atomic E-state index is 10.3. The van der Waals surface area contributed by atoms with Crippen molar-refractivity contribution in [3.05, 3.63) is 23.5 Å². The molecule has 3 atom stereocenters. The van der Waals surface area contributed by atoms with E-state index in [1.54, 1.807) is 7.11 Å². The lowest BCUT2D eigenvalue weighted by Gasteiger charge is -2.37. The molecule has 0 spiro atoms. The molecule has 122 valence electrons. The molecule has 3 heterocycles. The molecule has 3 rings (SSSR count). The number of nitrogens with zero attached hydrogens (tertiary/aromatic N) is 2. The molecule has 1 aromatic heterocycles. The van der Waals surface area contributed by atoms with Gasteiger partial charge in [-0.3, -0.25) is 9.88 Å². The SMILES string of the molecule is COc1cc(C)nc(CN2CCCC2C2COCCC2O)c1. The summed E-state index contributed by atoms with van der Waals surface area (Å²) in [6.07, 6.45) is 2.83. The van der Waals surface area contributed by atoms with E-state index in [0.717, 1.165) is 43.1 Å². The minimum atomic E-state index is -0.237. The number of likely N-dealkylation sites (tertiary alicyclic amines) is 1. The molecule has 2 aliphatic rings. The average Bonchev–Trinajstić information content (AvgIpc) is 2.95. The molecule has 0 saturated carbocycles. The van der Waals surface area contributed by atoms with Gasteiger partial charge in [0.05, 0.1) is 25.5 Å². The van der Waals surface area contributed by atoms with Gasteiger partial charge in [0, 0.05) is 42.9 Å². The van der Waals surface area contributed by atoms with Gasteiger partial charge in [-0.2, -0.15) is 0 Å². The second kappa shape index (κ2) is 6.94. The summed E-state index contributed by atoms with van der Waals surface area (Å²) >= 11 is 0. The van der Waals surface area contributed by atoms with Gasteiger partial charge in [-0.1, -0.05) is 0 Å². The summed E-state index contributed by atoms with van der Waals surface area (Å²) in [7, 11) is 1.69. The summed E-state index contributed by atoms with van der Waals surface area (Å²) in [5.41, 5.74) is 2.01. The number of aliphatic hydroxyl groups excluding tert-OH is 1. The Morgan fingerprint density at radius 3 is 3.05 bits per heavy atom. The van der Waals surface area contributed by atoms with Crippen LogP contribution in [-0.4, -0.2) is 54.0 Å². The monoisotopic (exact) mass is 306 g/mol. The molecule has 1 N–H and O–H groups in total. The molecule has 0 amide bonds. The summed E-state index contributed by atoms with van der Waals surface area (Å²) in [6.45, 7) is 5.22. The molecule has 0 radical (unpaired) electrons. The van der Waals surface area contributed by atoms with Crippen LogP contribution in [0.4, 0.5) is 0 Å². The van der Waals surface area contributed by atoms with E-state index in [9.17, 15) is 5.11 Å². The van der Waals surface area contributed by atoms with Gasteiger partial charge in [0.25, 0.3) is 0 Å². The zero-order chi connectivity index (χ0) is 15.5. The molecular formula is C17H26N2O3. The highest BCUT2D eigenvalue weighted by Crippen LogP contribution is 2.31. The van der Waals surface area contributed by atoms with Crippen LogP contribution in [0.1, 0.15) is 30.7 Å². The normalized spacial score (nSPS) is 29.7. The molecule has 5 heteroatoms. The van der Waals surface area contributed by atoms with E-state index >= 15 is 0 Å². The summed E-state index contributed by atoms with van der Waals surface area (Å²) in [5.74, 6) is 1.09. The third-order valence-corrected chi connectivity index (χ3v) is 4.85. The molecule has 3 unspecified atom stereocenters. The van der Waals surface area contributed by atoms with E-state index in [2.05, 4.69) is 9.88 Å². The van der Waals surface area contributed by atoms with Crippen LogP contribution in [0.2, 0.25) is 0 Å². The van der Waals surface area contributed by atoms with Gasteiger partial charge < -0.3 is 14.6 Å². The van der Waals surface area contributed by atoms with Gasteiger partial charge in [-0.05, 0) is 32.7 Å². The lowest BCUT2D eigenvalue weighted by atomic mass is 9.89. The average molecular weight is 306 g/mol. The summed E-state index contributed by atoms with van der Waals surface area (Å²) < 4.78 is 10.9. The first-order valence-electron chi connectivity index (χ1n) is 8.19. The number of methoxy groups -OCH3 is 1. The van der Waals surface area contributed by atoms with E-state index < -0.39 is 0 Å². The maximum Gasteiger partial charge on any atom is 0.122 e. The van der Waals surface area contributed by atoms with Crippen LogP contribution in [0.3, 0.4) is 0 Å². The number of hydrogen-bond donors (Lipinski definition) is 1. The molecule has 0 bridgehead atoms. The third-order valence-electron chi connectivity index (χ3n) is 4.85. The fraction of sp³-hybridized carbons (Fsp3) is 0.706. The van der Waals surface area contributed by atoms with Crippen molar-refractivity contribution in [3.8, 4) is 5.75 Å². The minimum absolute atomic E-state index is 0.225. The fourth-order valence-corrected chi connectivity index (χ4v) is 3.76. The number of ether oxygens (including phenoxy) is 2. The van der Waals surface area contributed by atoms with Crippen molar-refractivity contribution in [2.45, 2.75) is 44.9 Å². The van der Waals surface area contributed by atoms with E-state index in [-0.39, 0.29) is 12.0 Å². The fourth-order valence-electron chi connectivity index (χ4n) is 3.76. The quantitative estimate of drug-likeness (QED) is 0.918. The largest absolute Gasteiger partial charge is 0.497 e. The highest BCUT2D eigenvalue weighted by atomic mass is 16.5. The number of aryl methyl sites for hydroxylation is 1. The summed E-state index contributed by atoms with van der Waals surface area (Å²) in [5, 5.41) is 10.3. The van der Waals surface area contributed by atoms with Crippen LogP contribution < -0.4 is 4.74 Å². The van der Waals surface area contributed by atoms with Crippen LogP contribution >= 0.6 is 0 Å². The highest BCUT2D eigenvalue weighted by molar-refractivity contribution is 5.26. The Morgan fingerprint density at radius 1 is 1.41 bits per heavy atom. The summed E-state index contributed by atoms with van der Waals surface area (Å²) in [4.78, 5) is 7.08. The Labute approximate surface area is 132 Å². The number of hydrogen-bond acceptors (Lipinski definition) is 5. The van der Waals surface area contributed by atoms with Gasteiger partial charge >= 0.3 is 0 Å². The van der Waals surface area contributed by atoms with Crippen LogP contribution in [0.15, 0.2) is 12.1 Å². The van der Waals surface area contributed by atoms with Gasteiger partial charge in [0.1, 0.15) is 5.75 Å². The molecule has 1 aromatic rings. The lowest BCUT2D eigenvalue weighted by Crippen LogP contribution is -2.45. The molecule has 22 heavy (non-hydrogen) atoms. The van der Waals surface area contributed by atoms with E-state index in [1.807, 2.05) is 19.1 Å². The molecule has 2 aliphatic heterocycles. The molecular weight excluding hydrogens is 280 g/mol. The zero-order valence-corrected chi connectivity index (χ0v) is 13.5. The first-order valence-corrected chi connectivity index (χ1v) is 8.19. The molecule has 2 fully saturated rings. The van der Waals surface area contributed by atoms with Gasteiger partial charge in [-0.15, -0.1) is 0 Å². The van der Waals surface area contributed by atoms with Gasteiger partial charge in [0.2, 0.25) is 0 Å². The second-order valence-electron chi connectivity index (χ2n) is 6.41. The van der Waals surface area contributed by atoms with E-state index in [1.165, 1.54) is 6.42 Å². The maximum absolute atomic E-state index is 10.3. The minimum Gasteiger partial charge on any atom is -0.497 e. The summed E-state index contributed by atoms with van der Waals surface area (Å²) in [6, 6.07) is 4.35. The number of aliphatic hydroxyl groups is 1. The van der Waals surface area contributed by atoms with Crippen molar-refractivity contribution in [2.75, 3.05) is 26.9 Å². The Hall–Kier alpha value is -1.17. The Kier molecular flexibility index (Phi) is 4.96. The van der Waals surface area contributed by atoms with E-state index in [4.69, 9.17) is 9.47 Å². The first-order chi connectivity index (χ1) is 10.7. The highest BCUT2D eigenvalue weighted by Gasteiger charge is 2.37. The first kappa shape index (κ1) is 15.7. The zero-order valence-electron chi connectivity index (χ0n) is 13.5.